The molecule has 0 aromatic carbocycles. The van der Waals surface area contributed by atoms with Gasteiger partial charge in [-0.15, -0.1) is 0 Å². The Morgan fingerprint density at radius 2 is 2.05 bits per heavy atom. The fourth-order valence-corrected chi connectivity index (χ4v) is 2.60. The Kier molecular flexibility index (Phi) is 3.06. The molecule has 2 heterocycles. The lowest BCUT2D eigenvalue weighted by molar-refractivity contribution is 0.461. The number of H-pyrrole nitrogens is 1. The van der Waals surface area contributed by atoms with Crippen molar-refractivity contribution in [2.45, 2.75) is 38.3 Å². The van der Waals surface area contributed by atoms with Crippen molar-refractivity contribution in [2.24, 2.45) is 0 Å². The largest absolute Gasteiger partial charge is 0.328 e. The van der Waals surface area contributed by atoms with Gasteiger partial charge in [-0.05, 0) is 18.9 Å². The molecule has 6 heteroatoms. The second-order valence-corrected chi connectivity index (χ2v) is 4.93. The van der Waals surface area contributed by atoms with E-state index in [2.05, 4.69) is 10.1 Å². The topological polar surface area (TPSA) is 72.7 Å². The average molecular weight is 260 g/mol. The summed E-state index contributed by atoms with van der Waals surface area (Å²) in [6, 6.07) is 3.69. The molecule has 1 saturated carbocycles. The molecule has 0 atom stereocenters. The van der Waals surface area contributed by atoms with Gasteiger partial charge in [-0.3, -0.25) is 14.0 Å². The van der Waals surface area contributed by atoms with Crippen LogP contribution in [-0.4, -0.2) is 19.3 Å². The van der Waals surface area contributed by atoms with Crippen LogP contribution in [0.25, 0.3) is 0 Å². The Hall–Kier alpha value is -2.11. The fraction of sp³-hybridized carbons (Fsp3) is 0.462. The lowest BCUT2D eigenvalue weighted by Crippen LogP contribution is -2.34. The summed E-state index contributed by atoms with van der Waals surface area (Å²) < 4.78 is 3.12. The van der Waals surface area contributed by atoms with Crippen molar-refractivity contribution in [1.82, 2.24) is 19.3 Å². The average Bonchev–Trinajstić information content (AvgIpc) is 3.04. The molecule has 1 aliphatic rings. The van der Waals surface area contributed by atoms with Crippen LogP contribution in [0.1, 0.15) is 37.4 Å². The summed E-state index contributed by atoms with van der Waals surface area (Å²) in [5.74, 6) is 0. The molecule has 0 amide bonds. The van der Waals surface area contributed by atoms with Crippen LogP contribution in [0.15, 0.2) is 34.1 Å². The summed E-state index contributed by atoms with van der Waals surface area (Å²) >= 11 is 0. The van der Waals surface area contributed by atoms with E-state index in [1.165, 1.54) is 25.1 Å². The Balaban J connectivity index is 1.84. The van der Waals surface area contributed by atoms with Crippen molar-refractivity contribution >= 4 is 0 Å². The van der Waals surface area contributed by atoms with E-state index in [-0.39, 0.29) is 12.1 Å². The zero-order valence-corrected chi connectivity index (χ0v) is 10.6. The van der Waals surface area contributed by atoms with E-state index in [1.54, 1.807) is 0 Å². The maximum atomic E-state index is 11.6. The summed E-state index contributed by atoms with van der Waals surface area (Å²) in [4.78, 5) is 25.7. The number of rotatable bonds is 3. The zero-order chi connectivity index (χ0) is 13.2. The number of nitrogens with zero attached hydrogens (tertiary/aromatic N) is 3. The van der Waals surface area contributed by atoms with E-state index >= 15 is 0 Å². The highest BCUT2D eigenvalue weighted by atomic mass is 16.2. The van der Waals surface area contributed by atoms with E-state index in [0.717, 1.165) is 23.1 Å². The molecule has 0 bridgehead atoms. The molecule has 6 nitrogen and oxygen atoms in total. The first kappa shape index (κ1) is 12.0. The van der Waals surface area contributed by atoms with Crippen LogP contribution >= 0.6 is 0 Å². The van der Waals surface area contributed by atoms with E-state index in [9.17, 15) is 9.59 Å². The van der Waals surface area contributed by atoms with Crippen LogP contribution < -0.4 is 11.2 Å². The number of nitrogens with one attached hydrogen (secondary N) is 1. The van der Waals surface area contributed by atoms with Crippen molar-refractivity contribution in [2.75, 3.05) is 0 Å². The molecule has 19 heavy (non-hydrogen) atoms. The van der Waals surface area contributed by atoms with Crippen LogP contribution in [-0.2, 0) is 6.54 Å². The third-order valence-corrected chi connectivity index (χ3v) is 3.63. The van der Waals surface area contributed by atoms with Crippen molar-refractivity contribution in [3.05, 3.63) is 51.1 Å². The molecular weight excluding hydrogens is 244 g/mol. The first-order chi connectivity index (χ1) is 9.24. The van der Waals surface area contributed by atoms with Gasteiger partial charge in [0.2, 0.25) is 0 Å². The Morgan fingerprint density at radius 3 is 2.79 bits per heavy atom. The maximum absolute atomic E-state index is 11.6. The van der Waals surface area contributed by atoms with Crippen LogP contribution in [0.3, 0.4) is 0 Å². The zero-order valence-electron chi connectivity index (χ0n) is 10.6. The molecular formula is C13H16N4O2. The van der Waals surface area contributed by atoms with E-state index < -0.39 is 5.69 Å². The van der Waals surface area contributed by atoms with Crippen LogP contribution in [0.4, 0.5) is 0 Å². The number of hydrogen-bond acceptors (Lipinski definition) is 3. The number of aromatic amines is 1. The first-order valence-corrected chi connectivity index (χ1v) is 6.56. The molecule has 0 unspecified atom stereocenters. The number of aromatic nitrogens is 4. The second-order valence-electron chi connectivity index (χ2n) is 4.93. The molecule has 1 N–H and O–H groups in total. The molecule has 2 aromatic heterocycles. The smallest absolute Gasteiger partial charge is 0.314 e. The van der Waals surface area contributed by atoms with Crippen molar-refractivity contribution in [3.8, 4) is 0 Å². The van der Waals surface area contributed by atoms with E-state index in [1.807, 2.05) is 16.9 Å². The Morgan fingerprint density at radius 1 is 1.26 bits per heavy atom. The molecule has 1 aliphatic carbocycles. The number of hydrogen-bond donors (Lipinski definition) is 1. The van der Waals surface area contributed by atoms with Gasteiger partial charge in [-0.2, -0.15) is 5.10 Å². The molecule has 0 saturated heterocycles. The summed E-state index contributed by atoms with van der Waals surface area (Å²) in [5.41, 5.74) is 0.0350. The van der Waals surface area contributed by atoms with Gasteiger partial charge in [0.25, 0.3) is 5.56 Å². The minimum atomic E-state index is -0.400. The van der Waals surface area contributed by atoms with Gasteiger partial charge in [0.15, 0.2) is 0 Å². The van der Waals surface area contributed by atoms with Gasteiger partial charge in [0.05, 0.1) is 18.3 Å². The predicted molar refractivity (Wildman–Crippen MR) is 70.2 cm³/mol. The standard InChI is InChI=1S/C13H16N4O2/c18-12-5-7-14-13(19)16(12)9-10-6-8-17(15-10)11-3-1-2-4-11/h5-8,11H,1-4,9H2,(H,14,19). The highest BCUT2D eigenvalue weighted by Gasteiger charge is 2.17. The van der Waals surface area contributed by atoms with Gasteiger partial charge in [-0.1, -0.05) is 12.8 Å². The molecule has 1 fully saturated rings. The van der Waals surface area contributed by atoms with Gasteiger partial charge in [0.1, 0.15) is 0 Å². The predicted octanol–water partition coefficient (Wildman–Crippen LogP) is 0.896. The fourth-order valence-electron chi connectivity index (χ4n) is 2.60. The van der Waals surface area contributed by atoms with Crippen LogP contribution in [0, 0.1) is 0 Å². The quantitative estimate of drug-likeness (QED) is 0.891. The third-order valence-electron chi connectivity index (χ3n) is 3.63. The molecule has 100 valence electrons. The van der Waals surface area contributed by atoms with Crippen molar-refractivity contribution in [1.29, 1.82) is 0 Å². The lowest BCUT2D eigenvalue weighted by atomic mass is 10.3. The van der Waals surface area contributed by atoms with Crippen molar-refractivity contribution < 1.29 is 0 Å². The summed E-state index contributed by atoms with van der Waals surface area (Å²) in [7, 11) is 0. The third kappa shape index (κ3) is 2.38. The summed E-state index contributed by atoms with van der Waals surface area (Å²) in [6.07, 6.45) is 8.11. The molecule has 0 spiro atoms. The molecule has 3 rings (SSSR count). The Bertz CT molecular complexity index is 648. The Labute approximate surface area is 109 Å². The molecule has 0 aliphatic heterocycles. The van der Waals surface area contributed by atoms with Gasteiger partial charge in [0, 0.05) is 18.5 Å². The van der Waals surface area contributed by atoms with E-state index in [0.29, 0.717) is 6.04 Å². The van der Waals surface area contributed by atoms with Gasteiger partial charge in [-0.25, -0.2) is 4.79 Å². The highest BCUT2D eigenvalue weighted by molar-refractivity contribution is 5.02. The SMILES string of the molecule is O=c1cc[nH]c(=O)n1Cc1ccn(C2CCCC2)n1. The highest BCUT2D eigenvalue weighted by Crippen LogP contribution is 2.28. The first-order valence-electron chi connectivity index (χ1n) is 6.56. The second kappa shape index (κ2) is 4.87. The van der Waals surface area contributed by atoms with E-state index in [4.69, 9.17) is 0 Å². The van der Waals surface area contributed by atoms with Gasteiger partial charge >= 0.3 is 5.69 Å². The monoisotopic (exact) mass is 260 g/mol. The molecule has 2 aromatic rings. The van der Waals surface area contributed by atoms with Gasteiger partial charge < -0.3 is 4.98 Å². The minimum absolute atomic E-state index is 0.217. The molecule has 0 radical (unpaired) electrons. The summed E-state index contributed by atoms with van der Waals surface area (Å²) in [6.45, 7) is 0.217. The normalized spacial score (nSPS) is 16.0. The summed E-state index contributed by atoms with van der Waals surface area (Å²) in [5, 5.41) is 4.47. The lowest BCUT2D eigenvalue weighted by Gasteiger charge is -2.08. The maximum Gasteiger partial charge on any atom is 0.328 e. The van der Waals surface area contributed by atoms with Crippen LogP contribution in [0.5, 0.6) is 0 Å². The van der Waals surface area contributed by atoms with Crippen molar-refractivity contribution in [3.63, 3.8) is 0 Å². The van der Waals surface area contributed by atoms with Crippen LogP contribution in [0.2, 0.25) is 0 Å². The minimum Gasteiger partial charge on any atom is -0.314 e.